The van der Waals surface area contributed by atoms with Crippen molar-refractivity contribution >= 4 is 31.0 Å². The molecule has 2 aliphatic heterocycles. The zero-order valence-electron chi connectivity index (χ0n) is 23.0. The lowest BCUT2D eigenvalue weighted by molar-refractivity contribution is -0.693. The van der Waals surface area contributed by atoms with Gasteiger partial charge in [0.1, 0.15) is 0 Å². The first-order valence-electron chi connectivity index (χ1n) is 12.8. The average molecular weight is 663 g/mol. The minimum absolute atomic E-state index is 1.06. The molecule has 0 fully saturated rings. The summed E-state index contributed by atoms with van der Waals surface area (Å²) < 4.78 is 123. The smallest absolute Gasteiger partial charge is 0.485 e. The molecule has 0 saturated carbocycles. The number of halogens is 6. The quantitative estimate of drug-likeness (QED) is 0.118. The zero-order chi connectivity index (χ0) is 32.8. The highest BCUT2D eigenvalue weighted by Crippen LogP contribution is 2.42. The number of rotatable bonds is 0. The summed E-state index contributed by atoms with van der Waals surface area (Å²) >= 11 is 0. The van der Waals surface area contributed by atoms with Crippen LogP contribution in [0.25, 0.3) is 33.3 Å². The number of pyridine rings is 2. The Morgan fingerprint density at radius 2 is 1.16 bits per heavy atom. The molecule has 0 spiro atoms. The molecule has 0 amide bonds. The van der Waals surface area contributed by atoms with Gasteiger partial charge in [0.2, 0.25) is 11.4 Å². The van der Waals surface area contributed by atoms with E-state index in [0.29, 0.717) is 0 Å². The van der Waals surface area contributed by atoms with Gasteiger partial charge in [0, 0.05) is 37.5 Å². The van der Waals surface area contributed by atoms with Crippen LogP contribution in [-0.4, -0.2) is 37.0 Å². The highest BCUT2D eigenvalue weighted by atomic mass is 32.2. The van der Waals surface area contributed by atoms with Gasteiger partial charge in [-0.25, -0.2) is 16.8 Å². The maximum atomic E-state index is 10.7. The van der Waals surface area contributed by atoms with Gasteiger partial charge in [0.15, 0.2) is 45.2 Å². The molecule has 8 nitrogen and oxygen atoms in total. The van der Waals surface area contributed by atoms with E-state index < -0.39 is 31.3 Å². The molecule has 0 atom stereocenters. The number of aryl methyl sites for hydroxylation is 4. The molecule has 2 aliphatic rings. The van der Waals surface area contributed by atoms with E-state index in [9.17, 15) is 26.3 Å². The van der Waals surface area contributed by atoms with Crippen LogP contribution in [0.5, 0.6) is 0 Å². The van der Waals surface area contributed by atoms with Gasteiger partial charge < -0.3 is 9.11 Å². The van der Waals surface area contributed by atoms with Crippen LogP contribution in [0.4, 0.5) is 26.3 Å². The molecule has 0 bridgehead atoms. The summed E-state index contributed by atoms with van der Waals surface area (Å²) in [5.41, 5.74) is 0.167. The van der Waals surface area contributed by atoms with Crippen molar-refractivity contribution in [2.24, 2.45) is 0 Å². The van der Waals surface area contributed by atoms with Gasteiger partial charge in [0.25, 0.3) is 0 Å². The molecule has 0 saturated heterocycles. The van der Waals surface area contributed by atoms with Crippen LogP contribution in [-0.2, 0) is 46.2 Å². The van der Waals surface area contributed by atoms with Crippen LogP contribution in [0, 0.1) is 13.8 Å². The lowest BCUT2D eigenvalue weighted by atomic mass is 9.83. The van der Waals surface area contributed by atoms with Crippen molar-refractivity contribution < 1.29 is 61.4 Å². The van der Waals surface area contributed by atoms with Crippen molar-refractivity contribution in [3.63, 3.8) is 0 Å². The van der Waals surface area contributed by atoms with Crippen LogP contribution in [0.3, 0.4) is 0 Å². The van der Waals surface area contributed by atoms with Crippen LogP contribution < -0.4 is 9.13 Å². The molecule has 44 heavy (non-hydrogen) atoms. The number of hydrogen-bond acceptors (Lipinski definition) is 6. The Bertz CT molecular complexity index is 1930. The van der Waals surface area contributed by atoms with Crippen molar-refractivity contribution in [2.75, 3.05) is 0 Å². The monoisotopic (exact) mass is 662 g/mol. The van der Waals surface area contributed by atoms with Gasteiger partial charge >= 0.3 is 11.0 Å². The molecule has 0 aliphatic carbocycles. The van der Waals surface area contributed by atoms with Gasteiger partial charge in [-0.3, -0.25) is 0 Å². The third-order valence-corrected chi connectivity index (χ3v) is 8.54. The maximum absolute atomic E-state index is 10.7. The Balaban J connectivity index is 0.000000230. The third-order valence-electron chi connectivity index (χ3n) is 7.41. The summed E-state index contributed by atoms with van der Waals surface area (Å²) in [6.07, 6.45) is 4.44. The number of benzene rings is 2. The summed E-state index contributed by atoms with van der Waals surface area (Å²) in [4.78, 5) is 0. The van der Waals surface area contributed by atoms with E-state index in [2.05, 4.69) is 83.8 Å². The largest absolute Gasteiger partial charge is 0.741 e. The normalized spacial score (nSPS) is 14.1. The van der Waals surface area contributed by atoms with E-state index in [0.717, 1.165) is 25.9 Å². The predicted octanol–water partition coefficient (Wildman–Crippen LogP) is 4.58. The minimum atomic E-state index is -6.09. The van der Waals surface area contributed by atoms with Crippen molar-refractivity contribution in [3.05, 3.63) is 83.2 Å². The lowest BCUT2D eigenvalue weighted by Crippen LogP contribution is -2.45. The first-order chi connectivity index (χ1) is 20.2. The SMILES string of the molecule is Cc1c(C)[n+]2c(c3ccccc13)-c1c(ccc3c1-c1cccc[n+]1CC3)CC2.O=S(=O)([O-])C(F)(F)F.O=S(=O)([O-])C(F)(F)F. The molecule has 236 valence electrons. The van der Waals surface area contributed by atoms with E-state index in [-0.39, 0.29) is 0 Å². The molecule has 4 heterocycles. The van der Waals surface area contributed by atoms with Crippen molar-refractivity contribution in [1.82, 2.24) is 0 Å². The average Bonchev–Trinajstić information content (AvgIpc) is 2.93. The van der Waals surface area contributed by atoms with Crippen LogP contribution in [0.1, 0.15) is 22.4 Å². The topological polar surface area (TPSA) is 122 Å². The molecule has 0 radical (unpaired) electrons. The molecule has 0 N–H and O–H groups in total. The predicted molar refractivity (Wildman–Crippen MR) is 144 cm³/mol. The van der Waals surface area contributed by atoms with Gasteiger partial charge in [-0.2, -0.15) is 35.5 Å². The molecular weight excluding hydrogens is 638 g/mol. The number of nitrogens with zero attached hydrogens (tertiary/aromatic N) is 2. The zero-order valence-corrected chi connectivity index (χ0v) is 24.7. The lowest BCUT2D eigenvalue weighted by Gasteiger charge is -2.24. The van der Waals surface area contributed by atoms with Gasteiger partial charge in [-0.05, 0) is 35.6 Å². The van der Waals surface area contributed by atoms with E-state index in [4.69, 9.17) is 25.9 Å². The number of fused-ring (bicyclic) bond motifs is 9. The maximum Gasteiger partial charge on any atom is 0.485 e. The molecule has 6 rings (SSSR count). The van der Waals surface area contributed by atoms with Crippen molar-refractivity contribution in [3.8, 4) is 22.5 Å². The van der Waals surface area contributed by atoms with Gasteiger partial charge in [-0.1, -0.05) is 30.3 Å². The second-order valence-corrected chi connectivity index (χ2v) is 12.7. The van der Waals surface area contributed by atoms with Crippen LogP contribution >= 0.6 is 0 Å². The molecule has 2 aromatic heterocycles. The summed E-state index contributed by atoms with van der Waals surface area (Å²) in [7, 11) is -12.2. The second-order valence-electron chi connectivity index (χ2n) is 9.97. The number of alkyl halides is 6. The molecule has 2 aromatic carbocycles. The van der Waals surface area contributed by atoms with Gasteiger partial charge in [-0.15, -0.1) is 0 Å². The first-order valence-corrected chi connectivity index (χ1v) is 15.7. The molecule has 16 heteroatoms. The van der Waals surface area contributed by atoms with Crippen molar-refractivity contribution in [1.29, 1.82) is 0 Å². The molecular formula is C28H24F6N2O6S2. The minimum Gasteiger partial charge on any atom is -0.741 e. The highest BCUT2D eigenvalue weighted by Gasteiger charge is 2.38. The van der Waals surface area contributed by atoms with E-state index in [1.54, 1.807) is 0 Å². The number of aromatic nitrogens is 2. The van der Waals surface area contributed by atoms with E-state index in [1.807, 2.05) is 0 Å². The Morgan fingerprint density at radius 3 is 1.70 bits per heavy atom. The van der Waals surface area contributed by atoms with Crippen LogP contribution in [0.15, 0.2) is 60.8 Å². The molecule has 0 unspecified atom stereocenters. The summed E-state index contributed by atoms with van der Waals surface area (Å²) in [5, 5.41) is 2.77. The summed E-state index contributed by atoms with van der Waals surface area (Å²) in [6.45, 7) is 6.68. The van der Waals surface area contributed by atoms with E-state index in [1.165, 1.54) is 55.7 Å². The fourth-order valence-corrected chi connectivity index (χ4v) is 5.32. The Morgan fingerprint density at radius 1 is 0.682 bits per heavy atom. The summed E-state index contributed by atoms with van der Waals surface area (Å²) in [5.74, 6) is 0. The third kappa shape index (κ3) is 6.43. The fraction of sp³-hybridized carbons (Fsp3) is 0.286. The second kappa shape index (κ2) is 11.7. The highest BCUT2D eigenvalue weighted by molar-refractivity contribution is 7.86. The standard InChI is InChI=1S/C26H24N2.2CHF3O3S/c1-17-18(2)28-16-13-20-11-10-19-12-15-27-14-6-5-9-23(27)24(19)25(20)26(28)22-8-4-3-7-21(17)22;2*2-1(3,4)8(5,6)7/h3-11,14H,12-13,15-16H2,1-2H3;2*(H,5,6,7)/q+2;;/p-2. The Labute approximate surface area is 248 Å². The van der Waals surface area contributed by atoms with Gasteiger partial charge in [0.05, 0.1) is 16.5 Å². The summed E-state index contributed by atoms with van der Waals surface area (Å²) in [6, 6.07) is 20.3. The Hall–Kier alpha value is -3.60. The number of hydrogen-bond donors (Lipinski definition) is 0. The first kappa shape index (κ1) is 33.3. The van der Waals surface area contributed by atoms with Crippen molar-refractivity contribution in [2.45, 2.75) is 50.8 Å². The molecule has 4 aromatic rings. The fourth-order valence-electron chi connectivity index (χ4n) is 5.32. The van der Waals surface area contributed by atoms with Crippen LogP contribution in [0.2, 0.25) is 0 Å². The van der Waals surface area contributed by atoms with E-state index >= 15 is 0 Å². The Kier molecular flexibility index (Phi) is 8.87.